The molecule has 1 aliphatic rings. The van der Waals surface area contributed by atoms with Crippen LogP contribution in [0.4, 0.5) is 0 Å². The van der Waals surface area contributed by atoms with E-state index in [-0.39, 0.29) is 17.6 Å². The summed E-state index contributed by atoms with van der Waals surface area (Å²) in [6, 6.07) is 2.13. The standard InChI is InChI=1S/C13H19NOSi/c1-16(2,3)9-5-4-6-11-7-8-13(15)12(11)10-14/h11-12H,4,6-8H2,1-3H3. The number of Topliss-reactive ketones (excluding diaryl/α,β-unsaturated/α-hetero) is 1. The molecule has 1 fully saturated rings. The lowest BCUT2D eigenvalue weighted by Gasteiger charge is -2.09. The molecule has 16 heavy (non-hydrogen) atoms. The Balaban J connectivity index is 2.42. The third kappa shape index (κ3) is 3.83. The Kier molecular flexibility index (Phi) is 4.32. The van der Waals surface area contributed by atoms with Gasteiger partial charge in [-0.25, -0.2) is 0 Å². The fourth-order valence-corrected chi connectivity index (χ4v) is 2.64. The third-order valence-electron chi connectivity index (χ3n) is 2.82. The SMILES string of the molecule is C[Si](C)(C)C#CCCC1CCC(=O)C1C#N. The Labute approximate surface area is 99.0 Å². The van der Waals surface area contributed by atoms with Crippen molar-refractivity contribution in [2.24, 2.45) is 11.8 Å². The lowest BCUT2D eigenvalue weighted by molar-refractivity contribution is -0.119. The number of hydrogen-bond acceptors (Lipinski definition) is 2. The van der Waals surface area contributed by atoms with Gasteiger partial charge in [0, 0.05) is 12.8 Å². The quantitative estimate of drug-likeness (QED) is 0.543. The number of nitrogens with zero attached hydrogens (tertiary/aromatic N) is 1. The molecule has 0 amide bonds. The van der Waals surface area contributed by atoms with E-state index in [9.17, 15) is 4.79 Å². The molecule has 0 aromatic rings. The molecular weight excluding hydrogens is 214 g/mol. The van der Waals surface area contributed by atoms with Crippen LogP contribution in [0.2, 0.25) is 19.6 Å². The summed E-state index contributed by atoms with van der Waals surface area (Å²) >= 11 is 0. The molecule has 2 unspecified atom stereocenters. The molecule has 0 bridgehead atoms. The van der Waals surface area contributed by atoms with Crippen molar-refractivity contribution in [1.82, 2.24) is 0 Å². The van der Waals surface area contributed by atoms with Crippen LogP contribution in [0.5, 0.6) is 0 Å². The molecule has 2 atom stereocenters. The largest absolute Gasteiger partial charge is 0.298 e. The topological polar surface area (TPSA) is 40.9 Å². The van der Waals surface area contributed by atoms with Crippen molar-refractivity contribution in [1.29, 1.82) is 5.26 Å². The van der Waals surface area contributed by atoms with Crippen molar-refractivity contribution < 1.29 is 4.79 Å². The molecule has 0 heterocycles. The predicted octanol–water partition coefficient (Wildman–Crippen LogP) is 2.77. The van der Waals surface area contributed by atoms with Crippen LogP contribution in [0.3, 0.4) is 0 Å². The van der Waals surface area contributed by atoms with Gasteiger partial charge in [-0.1, -0.05) is 19.6 Å². The fraction of sp³-hybridized carbons (Fsp3) is 0.692. The van der Waals surface area contributed by atoms with Crippen molar-refractivity contribution in [2.45, 2.75) is 45.3 Å². The molecule has 86 valence electrons. The molecule has 3 heteroatoms. The molecule has 0 saturated heterocycles. The Morgan fingerprint density at radius 1 is 1.44 bits per heavy atom. The number of rotatable bonds is 2. The third-order valence-corrected chi connectivity index (χ3v) is 3.75. The predicted molar refractivity (Wildman–Crippen MR) is 67.2 cm³/mol. The first kappa shape index (κ1) is 13.0. The summed E-state index contributed by atoms with van der Waals surface area (Å²) in [5, 5.41) is 8.89. The molecule has 0 N–H and O–H groups in total. The van der Waals surface area contributed by atoms with Crippen LogP contribution in [0, 0.1) is 34.6 Å². The molecule has 0 spiro atoms. The lowest BCUT2D eigenvalue weighted by atomic mass is 9.92. The van der Waals surface area contributed by atoms with Crippen molar-refractivity contribution in [3.05, 3.63) is 0 Å². The number of nitriles is 1. The molecular formula is C13H19NOSi. The van der Waals surface area contributed by atoms with Gasteiger partial charge >= 0.3 is 0 Å². The minimum Gasteiger partial charge on any atom is -0.298 e. The van der Waals surface area contributed by atoms with Gasteiger partial charge in [0.15, 0.2) is 0 Å². The average molecular weight is 233 g/mol. The summed E-state index contributed by atoms with van der Waals surface area (Å²) in [5.41, 5.74) is 3.31. The van der Waals surface area contributed by atoms with Gasteiger partial charge in [-0.05, 0) is 18.8 Å². The highest BCUT2D eigenvalue weighted by atomic mass is 28.3. The van der Waals surface area contributed by atoms with E-state index in [1.807, 2.05) is 0 Å². The molecule has 0 radical (unpaired) electrons. The maximum Gasteiger partial charge on any atom is 0.150 e. The van der Waals surface area contributed by atoms with E-state index in [0.29, 0.717) is 6.42 Å². The molecule has 0 aliphatic heterocycles. The molecule has 1 rings (SSSR count). The van der Waals surface area contributed by atoms with Gasteiger partial charge in [-0.3, -0.25) is 4.79 Å². The zero-order valence-corrected chi connectivity index (χ0v) is 11.3. The fourth-order valence-electron chi connectivity index (χ4n) is 1.99. The van der Waals surface area contributed by atoms with E-state index in [0.717, 1.165) is 19.3 Å². The number of hydrogen-bond donors (Lipinski definition) is 0. The lowest BCUT2D eigenvalue weighted by Crippen LogP contribution is -2.16. The Hall–Kier alpha value is -1.06. The van der Waals surface area contributed by atoms with Crippen molar-refractivity contribution in [3.63, 3.8) is 0 Å². The molecule has 2 nitrogen and oxygen atoms in total. The Bertz CT molecular complexity index is 364. The Morgan fingerprint density at radius 3 is 2.69 bits per heavy atom. The smallest absolute Gasteiger partial charge is 0.150 e. The van der Waals surface area contributed by atoms with Crippen LogP contribution >= 0.6 is 0 Å². The van der Waals surface area contributed by atoms with Crippen LogP contribution in [0.25, 0.3) is 0 Å². The maximum atomic E-state index is 11.4. The number of carbonyl (C=O) groups excluding carboxylic acids is 1. The van der Waals surface area contributed by atoms with Gasteiger partial charge in [0.05, 0.1) is 6.07 Å². The number of ketones is 1. The minimum absolute atomic E-state index is 0.130. The van der Waals surface area contributed by atoms with Crippen LogP contribution < -0.4 is 0 Å². The van der Waals surface area contributed by atoms with Crippen LogP contribution in [0.15, 0.2) is 0 Å². The van der Waals surface area contributed by atoms with Crippen molar-refractivity contribution >= 4 is 13.9 Å². The first-order valence-electron chi connectivity index (χ1n) is 5.86. The van der Waals surface area contributed by atoms with Crippen molar-refractivity contribution in [3.8, 4) is 17.5 Å². The second kappa shape index (κ2) is 5.32. The van der Waals surface area contributed by atoms with Crippen molar-refractivity contribution in [2.75, 3.05) is 0 Å². The Morgan fingerprint density at radius 2 is 2.12 bits per heavy atom. The van der Waals surface area contributed by atoms with E-state index in [1.54, 1.807) is 0 Å². The monoisotopic (exact) mass is 233 g/mol. The van der Waals surface area contributed by atoms with E-state index >= 15 is 0 Å². The summed E-state index contributed by atoms with van der Waals surface area (Å²) in [6.45, 7) is 6.66. The van der Waals surface area contributed by atoms with E-state index < -0.39 is 8.07 Å². The highest BCUT2D eigenvalue weighted by Crippen LogP contribution is 2.31. The summed E-state index contributed by atoms with van der Waals surface area (Å²) in [6.07, 6.45) is 3.21. The number of carbonyl (C=O) groups is 1. The summed E-state index contributed by atoms with van der Waals surface area (Å²) < 4.78 is 0. The summed E-state index contributed by atoms with van der Waals surface area (Å²) in [5.74, 6) is 3.24. The summed E-state index contributed by atoms with van der Waals surface area (Å²) in [4.78, 5) is 11.4. The van der Waals surface area contributed by atoms with Gasteiger partial charge in [0.1, 0.15) is 19.8 Å². The summed E-state index contributed by atoms with van der Waals surface area (Å²) in [7, 11) is -1.27. The van der Waals surface area contributed by atoms with Crippen LogP contribution in [0.1, 0.15) is 25.7 Å². The molecule has 0 aromatic carbocycles. The molecule has 1 saturated carbocycles. The highest BCUT2D eigenvalue weighted by Gasteiger charge is 2.33. The van der Waals surface area contributed by atoms with E-state index in [1.165, 1.54) is 0 Å². The molecule has 0 aromatic heterocycles. The zero-order valence-electron chi connectivity index (χ0n) is 10.3. The van der Waals surface area contributed by atoms with Gasteiger partial charge in [-0.2, -0.15) is 5.26 Å². The second-order valence-corrected chi connectivity index (χ2v) is 10.2. The minimum atomic E-state index is -1.27. The second-order valence-electron chi connectivity index (χ2n) is 5.46. The first-order valence-corrected chi connectivity index (χ1v) is 9.36. The van der Waals surface area contributed by atoms with E-state index in [4.69, 9.17) is 5.26 Å². The maximum absolute atomic E-state index is 11.4. The van der Waals surface area contributed by atoms with Crippen LogP contribution in [-0.4, -0.2) is 13.9 Å². The molecule has 1 aliphatic carbocycles. The zero-order chi connectivity index (χ0) is 12.2. The van der Waals surface area contributed by atoms with Gasteiger partial charge in [0.2, 0.25) is 0 Å². The first-order chi connectivity index (χ1) is 7.44. The van der Waals surface area contributed by atoms with Gasteiger partial charge in [0.25, 0.3) is 0 Å². The normalized spacial score (nSPS) is 24.8. The van der Waals surface area contributed by atoms with Crippen LogP contribution in [-0.2, 0) is 4.79 Å². The van der Waals surface area contributed by atoms with Gasteiger partial charge < -0.3 is 0 Å². The average Bonchev–Trinajstić information content (AvgIpc) is 2.52. The van der Waals surface area contributed by atoms with E-state index in [2.05, 4.69) is 37.2 Å². The highest BCUT2D eigenvalue weighted by molar-refractivity contribution is 6.83. The van der Waals surface area contributed by atoms with Gasteiger partial charge in [-0.15, -0.1) is 11.5 Å².